The Balaban J connectivity index is 0.000000522. The maximum atomic E-state index is 12.2. The fourth-order valence-corrected chi connectivity index (χ4v) is 5.94. The average molecular weight is 1350 g/mol. The van der Waals surface area contributed by atoms with E-state index in [9.17, 15) is 36.7 Å². The minimum absolute atomic E-state index is 0.102. The Kier molecular flexibility index (Phi) is 39.4. The fourth-order valence-electron chi connectivity index (χ4n) is 5.29. The van der Waals surface area contributed by atoms with E-state index in [-0.39, 0.29) is 60.1 Å². The van der Waals surface area contributed by atoms with E-state index in [0.29, 0.717) is 95.5 Å². The first-order valence-electron chi connectivity index (χ1n) is 25.8. The molecule has 0 radical (unpaired) electrons. The Bertz CT molecular complexity index is 3370. The molecule has 0 amide bonds. The first-order valence-corrected chi connectivity index (χ1v) is 27.6. The van der Waals surface area contributed by atoms with Crippen LogP contribution in [-0.4, -0.2) is 125 Å². The normalized spacial score (nSPS) is 9.76. The average Bonchev–Trinajstić information content (AvgIpc) is 3.67. The van der Waals surface area contributed by atoms with Crippen molar-refractivity contribution in [2.24, 2.45) is 0 Å². The van der Waals surface area contributed by atoms with Crippen LogP contribution in [0.2, 0.25) is 10.6 Å². The molecule has 0 fully saturated rings. The molecule has 25 nitrogen and oxygen atoms in total. The predicted molar refractivity (Wildman–Crippen MR) is 322 cm³/mol. The number of hydrogen-bond donors (Lipinski definition) is 1. The van der Waals surface area contributed by atoms with Crippen LogP contribution in [-0.2, 0) is 63.2 Å². The second-order valence-electron chi connectivity index (χ2n) is 15.8. The van der Waals surface area contributed by atoms with E-state index in [0.717, 1.165) is 29.4 Å². The zero-order valence-electron chi connectivity index (χ0n) is 49.2. The number of esters is 2. The van der Waals surface area contributed by atoms with E-state index >= 15 is 0 Å². The lowest BCUT2D eigenvalue weighted by molar-refractivity contribution is -0.143. The number of alkyl halides is 5. The maximum absolute atomic E-state index is 12.2. The van der Waals surface area contributed by atoms with E-state index in [2.05, 4.69) is 112 Å². The second-order valence-corrected chi connectivity index (χ2v) is 17.1. The molecule has 0 aliphatic heterocycles. The minimum Gasteiger partial charge on any atom is -0.491 e. The van der Waals surface area contributed by atoms with Gasteiger partial charge in [-0.3, -0.25) is 19.2 Å². The van der Waals surface area contributed by atoms with Crippen molar-refractivity contribution in [3.05, 3.63) is 192 Å². The number of aldehydes is 1. The van der Waals surface area contributed by atoms with E-state index in [1.54, 1.807) is 49.8 Å². The molecule has 7 aromatic heterocycles. The van der Waals surface area contributed by atoms with Crippen LogP contribution >= 0.6 is 39.1 Å². The number of rotatable bonds is 22. The molecule has 0 atom stereocenters. The maximum Gasteiger partial charge on any atom is 0.303 e. The van der Waals surface area contributed by atoms with Crippen molar-refractivity contribution >= 4 is 86.2 Å². The number of nitrogens with zero attached hydrogens (tertiary/aromatic N) is 14. The van der Waals surface area contributed by atoms with Gasteiger partial charge in [0.2, 0.25) is 10.6 Å². The molecule has 1 N–H and O–H groups in total. The summed E-state index contributed by atoms with van der Waals surface area (Å²) in [7, 11) is 0. The number of carbonyl (C=O) groups excluding carboxylic acids is 4. The summed E-state index contributed by atoms with van der Waals surface area (Å²) in [5.41, 5.74) is 2.24. The lowest BCUT2D eigenvalue weighted by atomic mass is 10.3. The lowest BCUT2D eigenvalue weighted by Crippen LogP contribution is -2.04. The standard InChI is InChI=1S/C11H14N2O3.C9H10F2N2O.C9H12N2O2.C9H10N2O2.C7H7ClN2O2.C7H6F2N2O.C5H4BrClN2/c1-4-15-8(2)11-12-6-5-10(13-11)7-16-9(3)14;1-3-14-6(2)9-12-5-4-7(13-9)8(10)11;2*1-3-13-7(2)9-10-5-4-8(6-12)11-9;1-5(11)12-4-6-2-3-9-7(8)10-6;1-4(12)7-10-3-2-5(11-7)6(8)9;6-3-4-1-2-8-5(7)9-4/h5-6H,2,4,7H2,1,3H3;4-5,8H,2-3H2,1H3;4-5,12H,2-3,6H2,1H3;4-6H,2-3H2,1H3;2-3H,4H2,1H3;2-3,6H,1H3;1-2H,3H2. The molecule has 0 spiro atoms. The first-order chi connectivity index (χ1) is 42.4. The molecule has 0 aliphatic carbocycles. The highest BCUT2D eigenvalue weighted by Crippen LogP contribution is 2.18. The summed E-state index contributed by atoms with van der Waals surface area (Å²) in [6.07, 6.45) is 5.57. The SMILES string of the molecule is C=C(OCC)c1nccc(C(F)F)n1.C=C(OCC)c1nccc(C=O)n1.C=C(OCC)c1nccc(CO)n1.C=C(OCC)c1nccc(COC(C)=O)n1.CC(=O)OCc1ccnc(Cl)n1.CC(=O)c1nccc(C(F)F)n1.Clc1nccc(CBr)n1. The van der Waals surface area contributed by atoms with Crippen molar-refractivity contribution in [1.29, 1.82) is 0 Å². The summed E-state index contributed by atoms with van der Waals surface area (Å²) in [5.74, 6) is 1.43. The number of aromatic nitrogens is 14. The number of Topliss-reactive ketones (excluding diaryl/α,β-unsaturated/α-hetero) is 1. The molecule has 32 heteroatoms. The quantitative estimate of drug-likeness (QED) is 0.0125. The van der Waals surface area contributed by atoms with Gasteiger partial charge in [-0.25, -0.2) is 87.3 Å². The Morgan fingerprint density at radius 1 is 0.483 bits per heavy atom. The number of aliphatic hydroxyl groups is 1. The zero-order chi connectivity index (χ0) is 66.7. The van der Waals surface area contributed by atoms with Gasteiger partial charge in [0, 0.05) is 69.5 Å². The highest BCUT2D eigenvalue weighted by Gasteiger charge is 2.13. The number of carbonyl (C=O) groups is 4. The molecule has 0 bridgehead atoms. The number of aliphatic hydroxyl groups excluding tert-OH is 1. The lowest BCUT2D eigenvalue weighted by Gasteiger charge is -2.06. The van der Waals surface area contributed by atoms with Crippen LogP contribution in [0.1, 0.15) is 140 Å². The molecule has 0 aromatic carbocycles. The van der Waals surface area contributed by atoms with Gasteiger partial charge in [0.05, 0.1) is 55.8 Å². The molecule has 476 valence electrons. The molecule has 7 heterocycles. The molecule has 7 rings (SSSR count). The summed E-state index contributed by atoms with van der Waals surface area (Å²) in [6.45, 7) is 27.9. The molecule has 89 heavy (non-hydrogen) atoms. The van der Waals surface area contributed by atoms with E-state index < -0.39 is 24.3 Å². The van der Waals surface area contributed by atoms with Crippen LogP contribution in [0.15, 0.2) is 112 Å². The summed E-state index contributed by atoms with van der Waals surface area (Å²) < 4.78 is 78.4. The van der Waals surface area contributed by atoms with Gasteiger partial charge in [-0.1, -0.05) is 42.2 Å². The van der Waals surface area contributed by atoms with Gasteiger partial charge in [-0.15, -0.1) is 0 Å². The first kappa shape index (κ1) is 77.8. The Labute approximate surface area is 528 Å². The van der Waals surface area contributed by atoms with Crippen LogP contribution in [0.5, 0.6) is 0 Å². The summed E-state index contributed by atoms with van der Waals surface area (Å²) >= 11 is 14.2. The molecule has 0 saturated heterocycles. The van der Waals surface area contributed by atoms with Crippen molar-refractivity contribution < 1.29 is 70.3 Å². The molecule has 0 unspecified atom stereocenters. The predicted octanol–water partition coefficient (Wildman–Crippen LogP) is 11.1. The van der Waals surface area contributed by atoms with Gasteiger partial charge >= 0.3 is 11.9 Å². The van der Waals surface area contributed by atoms with Crippen molar-refractivity contribution in [3.63, 3.8) is 0 Å². The summed E-state index contributed by atoms with van der Waals surface area (Å²) in [6, 6.07) is 10.5. The van der Waals surface area contributed by atoms with Gasteiger partial charge in [0.1, 0.15) is 30.3 Å². The highest BCUT2D eigenvalue weighted by atomic mass is 79.9. The molecular formula is C57H63BrCl2F4N14O11. The smallest absolute Gasteiger partial charge is 0.303 e. The van der Waals surface area contributed by atoms with Gasteiger partial charge in [-0.2, -0.15) is 0 Å². The van der Waals surface area contributed by atoms with Crippen LogP contribution < -0.4 is 0 Å². The minimum atomic E-state index is -2.66. The van der Waals surface area contributed by atoms with E-state index in [1.807, 2.05) is 20.8 Å². The second kappa shape index (κ2) is 45.1. The summed E-state index contributed by atoms with van der Waals surface area (Å²) in [4.78, 5) is 95.4. The molecule has 0 aliphatic rings. The van der Waals surface area contributed by atoms with Crippen molar-refractivity contribution in [2.45, 2.75) is 86.5 Å². The summed E-state index contributed by atoms with van der Waals surface area (Å²) in [5, 5.41) is 9.98. The van der Waals surface area contributed by atoms with Crippen LogP contribution in [0.3, 0.4) is 0 Å². The van der Waals surface area contributed by atoms with E-state index in [1.165, 1.54) is 45.4 Å². The topological polar surface area (TPSA) is 324 Å². The van der Waals surface area contributed by atoms with Gasteiger partial charge in [-0.05, 0) is 93.4 Å². The monoisotopic (exact) mass is 1340 g/mol. The largest absolute Gasteiger partial charge is 0.491 e. The number of hydrogen-bond acceptors (Lipinski definition) is 25. The Morgan fingerprint density at radius 2 is 0.809 bits per heavy atom. The Hall–Kier alpha value is -9.26. The van der Waals surface area contributed by atoms with E-state index in [4.69, 9.17) is 56.7 Å². The zero-order valence-corrected chi connectivity index (χ0v) is 52.3. The van der Waals surface area contributed by atoms with Gasteiger partial charge in [0.15, 0.2) is 64.2 Å². The highest BCUT2D eigenvalue weighted by molar-refractivity contribution is 9.08. The third kappa shape index (κ3) is 34.0. The van der Waals surface area contributed by atoms with Crippen LogP contribution in [0, 0.1) is 0 Å². The number of ether oxygens (including phenoxy) is 6. The van der Waals surface area contributed by atoms with Gasteiger partial charge in [0.25, 0.3) is 12.9 Å². The van der Waals surface area contributed by atoms with Gasteiger partial charge < -0.3 is 33.5 Å². The Morgan fingerprint density at radius 3 is 1.17 bits per heavy atom. The number of ketones is 1. The third-order valence-electron chi connectivity index (χ3n) is 9.13. The van der Waals surface area contributed by atoms with Crippen molar-refractivity contribution in [1.82, 2.24) is 69.8 Å². The molecule has 7 aromatic rings. The van der Waals surface area contributed by atoms with Crippen molar-refractivity contribution in [2.75, 3.05) is 26.4 Å². The van der Waals surface area contributed by atoms with Crippen LogP contribution in [0.25, 0.3) is 23.0 Å². The third-order valence-corrected chi connectivity index (χ3v) is 10.1. The number of halogens is 7. The van der Waals surface area contributed by atoms with Crippen LogP contribution in [0.4, 0.5) is 17.6 Å². The fraction of sp³-hybridized carbons (Fsp3) is 0.298. The molecular weight excluding hydrogens is 1280 g/mol. The molecule has 0 saturated carbocycles. The van der Waals surface area contributed by atoms with Crippen molar-refractivity contribution in [3.8, 4) is 0 Å².